The molecule has 0 radical (unpaired) electrons. The molecule has 0 amide bonds. The van der Waals surface area contributed by atoms with E-state index in [1.807, 2.05) is 26.0 Å². The Labute approximate surface area is 178 Å². The molecule has 0 aliphatic rings. The van der Waals surface area contributed by atoms with E-state index in [-0.39, 0.29) is 5.97 Å². The molecule has 166 valence electrons. The van der Waals surface area contributed by atoms with Crippen LogP contribution in [-0.4, -0.2) is 25.7 Å². The maximum absolute atomic E-state index is 11.1. The van der Waals surface area contributed by atoms with Crippen LogP contribution in [0.3, 0.4) is 0 Å². The number of rotatable bonds is 13. The summed E-state index contributed by atoms with van der Waals surface area (Å²) in [5, 5.41) is 0. The number of esters is 1. The smallest absolute Gasteiger partial charge is 0.306 e. The van der Waals surface area contributed by atoms with E-state index in [1.165, 1.54) is 22.3 Å². The van der Waals surface area contributed by atoms with Gasteiger partial charge in [0.1, 0.15) is 13.2 Å². The molecular weight excluding hydrogens is 364 g/mol. The van der Waals surface area contributed by atoms with Crippen LogP contribution in [0.25, 0.3) is 0 Å². The minimum atomic E-state index is -0.101. The van der Waals surface area contributed by atoms with Crippen molar-refractivity contribution in [3.8, 4) is 0 Å². The zero-order chi connectivity index (χ0) is 22.5. The lowest BCUT2D eigenvalue weighted by Gasteiger charge is -2.02. The van der Waals surface area contributed by atoms with Crippen LogP contribution >= 0.6 is 0 Å². The van der Waals surface area contributed by atoms with Gasteiger partial charge < -0.3 is 9.47 Å². The Morgan fingerprint density at radius 2 is 1.21 bits per heavy atom. The molecule has 0 aliphatic heterocycles. The normalized spacial score (nSPS) is 11.0. The Bertz CT molecular complexity index is 557. The third-order valence-corrected chi connectivity index (χ3v) is 3.91. The predicted molar refractivity (Wildman–Crippen MR) is 123 cm³/mol. The summed E-state index contributed by atoms with van der Waals surface area (Å²) in [6.07, 6.45) is 13.9. The molecule has 0 heterocycles. The second-order valence-corrected chi connectivity index (χ2v) is 7.60. The van der Waals surface area contributed by atoms with Gasteiger partial charge in [-0.2, -0.15) is 0 Å². The van der Waals surface area contributed by atoms with Gasteiger partial charge in [-0.05, 0) is 85.8 Å². The van der Waals surface area contributed by atoms with Gasteiger partial charge in [0.15, 0.2) is 0 Å². The van der Waals surface area contributed by atoms with Crippen molar-refractivity contribution in [3.63, 3.8) is 0 Å². The fraction of sp³-hybridized carbons (Fsp3) is 0.600. The van der Waals surface area contributed by atoms with Crippen LogP contribution in [0.15, 0.2) is 46.6 Å². The third-order valence-electron chi connectivity index (χ3n) is 3.91. The molecular formula is C25H42O4. The van der Waals surface area contributed by atoms with Gasteiger partial charge >= 0.3 is 5.97 Å². The van der Waals surface area contributed by atoms with Crippen molar-refractivity contribution in [2.75, 3.05) is 13.2 Å². The van der Waals surface area contributed by atoms with Crippen molar-refractivity contribution < 1.29 is 19.1 Å². The van der Waals surface area contributed by atoms with Gasteiger partial charge in [-0.15, -0.1) is 0 Å². The lowest BCUT2D eigenvalue weighted by atomic mass is 10.1. The lowest BCUT2D eigenvalue weighted by molar-refractivity contribution is -0.142. The fourth-order valence-electron chi connectivity index (χ4n) is 2.16. The molecule has 0 rings (SSSR count). The van der Waals surface area contributed by atoms with Gasteiger partial charge in [-0.25, -0.2) is 0 Å². The molecule has 0 saturated carbocycles. The zero-order valence-electron chi connectivity index (χ0n) is 19.7. The van der Waals surface area contributed by atoms with E-state index in [4.69, 9.17) is 4.74 Å². The molecule has 0 saturated heterocycles. The van der Waals surface area contributed by atoms with Gasteiger partial charge in [0.25, 0.3) is 6.47 Å². The summed E-state index contributed by atoms with van der Waals surface area (Å²) < 4.78 is 9.61. The highest BCUT2D eigenvalue weighted by molar-refractivity contribution is 5.69. The first-order valence-corrected chi connectivity index (χ1v) is 10.5. The number of carbonyl (C=O) groups excluding carboxylic acids is 2. The Hall–Kier alpha value is -2.10. The highest BCUT2D eigenvalue weighted by Gasteiger charge is 1.98. The molecule has 0 atom stereocenters. The Balaban J connectivity index is 0. The van der Waals surface area contributed by atoms with Crippen molar-refractivity contribution in [2.24, 2.45) is 0 Å². The quantitative estimate of drug-likeness (QED) is 0.145. The van der Waals surface area contributed by atoms with E-state index in [9.17, 15) is 9.59 Å². The van der Waals surface area contributed by atoms with Crippen LogP contribution in [-0.2, 0) is 19.1 Å². The van der Waals surface area contributed by atoms with Crippen LogP contribution in [0, 0.1) is 0 Å². The SMILES string of the molecule is CC(C)=CCC/C(C)=C/COC=O.CCCC(=O)OC/C=C(\C)CCC=C(C)C. The maximum Gasteiger partial charge on any atom is 0.306 e. The monoisotopic (exact) mass is 406 g/mol. The van der Waals surface area contributed by atoms with Crippen LogP contribution in [0.4, 0.5) is 0 Å². The average molecular weight is 407 g/mol. The second-order valence-electron chi connectivity index (χ2n) is 7.60. The molecule has 4 heteroatoms. The van der Waals surface area contributed by atoms with Crippen molar-refractivity contribution in [1.29, 1.82) is 0 Å². The predicted octanol–water partition coefficient (Wildman–Crippen LogP) is 6.87. The zero-order valence-corrected chi connectivity index (χ0v) is 19.7. The number of hydrogen-bond acceptors (Lipinski definition) is 4. The van der Waals surface area contributed by atoms with E-state index in [1.54, 1.807) is 0 Å². The highest BCUT2D eigenvalue weighted by Crippen LogP contribution is 2.07. The van der Waals surface area contributed by atoms with Gasteiger partial charge in [0.2, 0.25) is 0 Å². The molecule has 0 bridgehead atoms. The summed E-state index contributed by atoms with van der Waals surface area (Å²) in [6.45, 7) is 15.8. The summed E-state index contributed by atoms with van der Waals surface area (Å²) in [7, 11) is 0. The van der Waals surface area contributed by atoms with Gasteiger partial charge in [-0.1, -0.05) is 41.4 Å². The molecule has 29 heavy (non-hydrogen) atoms. The number of carbonyl (C=O) groups is 2. The van der Waals surface area contributed by atoms with Gasteiger partial charge in [-0.3, -0.25) is 9.59 Å². The van der Waals surface area contributed by atoms with E-state index in [2.05, 4.69) is 51.5 Å². The summed E-state index contributed by atoms with van der Waals surface area (Å²) in [4.78, 5) is 20.9. The molecule has 4 nitrogen and oxygen atoms in total. The molecule has 0 aromatic carbocycles. The van der Waals surface area contributed by atoms with Crippen molar-refractivity contribution >= 4 is 12.4 Å². The topological polar surface area (TPSA) is 52.6 Å². The molecule has 0 fully saturated rings. The summed E-state index contributed by atoms with van der Waals surface area (Å²) in [6, 6.07) is 0. The Morgan fingerprint density at radius 3 is 1.62 bits per heavy atom. The number of hydrogen-bond donors (Lipinski definition) is 0. The molecule has 0 N–H and O–H groups in total. The lowest BCUT2D eigenvalue weighted by Crippen LogP contribution is -2.03. The molecule has 0 spiro atoms. The summed E-state index contributed by atoms with van der Waals surface area (Å²) in [5.74, 6) is -0.101. The second kappa shape index (κ2) is 20.6. The van der Waals surface area contributed by atoms with Crippen LogP contribution in [0.2, 0.25) is 0 Å². The minimum absolute atomic E-state index is 0.101. The van der Waals surface area contributed by atoms with Crippen LogP contribution < -0.4 is 0 Å². The molecule has 0 unspecified atom stereocenters. The molecule has 0 aromatic rings. The Kier molecular flexibility index (Phi) is 20.7. The van der Waals surface area contributed by atoms with Crippen molar-refractivity contribution in [3.05, 3.63) is 46.6 Å². The first-order valence-electron chi connectivity index (χ1n) is 10.5. The Morgan fingerprint density at radius 1 is 0.724 bits per heavy atom. The van der Waals surface area contributed by atoms with Gasteiger partial charge in [0, 0.05) is 6.42 Å². The number of ether oxygens (including phenoxy) is 2. The summed E-state index contributed by atoms with van der Waals surface area (Å²) >= 11 is 0. The first kappa shape index (κ1) is 29.1. The third kappa shape index (κ3) is 25.9. The van der Waals surface area contributed by atoms with E-state index in [0.29, 0.717) is 26.1 Å². The van der Waals surface area contributed by atoms with Crippen LogP contribution in [0.5, 0.6) is 0 Å². The largest absolute Gasteiger partial charge is 0.464 e. The first-order chi connectivity index (χ1) is 13.7. The van der Waals surface area contributed by atoms with Crippen molar-refractivity contribution in [1.82, 2.24) is 0 Å². The standard InChI is InChI=1S/C14H24O2.C11H18O2/c1-5-7-14(15)16-11-10-13(4)9-6-8-12(2)3;1-10(2)5-4-6-11(3)7-8-13-9-12/h8,10H,5-7,9,11H2,1-4H3;5,7,9H,4,6,8H2,1-3H3/b13-10+;11-7+. The highest BCUT2D eigenvalue weighted by atomic mass is 16.5. The van der Waals surface area contributed by atoms with Crippen LogP contribution in [0.1, 0.15) is 87.0 Å². The minimum Gasteiger partial charge on any atom is -0.464 e. The number of allylic oxidation sites excluding steroid dienone is 6. The average Bonchev–Trinajstić information content (AvgIpc) is 2.62. The van der Waals surface area contributed by atoms with E-state index in [0.717, 1.165) is 32.1 Å². The van der Waals surface area contributed by atoms with E-state index >= 15 is 0 Å². The van der Waals surface area contributed by atoms with Crippen molar-refractivity contribution in [2.45, 2.75) is 87.0 Å². The maximum atomic E-state index is 11.1. The van der Waals surface area contributed by atoms with Gasteiger partial charge in [0.05, 0.1) is 0 Å². The molecule has 0 aliphatic carbocycles. The fourth-order valence-corrected chi connectivity index (χ4v) is 2.16. The van der Waals surface area contributed by atoms with E-state index < -0.39 is 0 Å². The summed E-state index contributed by atoms with van der Waals surface area (Å²) in [5.41, 5.74) is 5.24. The molecule has 0 aromatic heterocycles.